The van der Waals surface area contributed by atoms with Gasteiger partial charge in [-0.3, -0.25) is 24.0 Å². The summed E-state index contributed by atoms with van der Waals surface area (Å²) in [6, 6.07) is 2.88. The Hall–Kier alpha value is -3.87. The highest BCUT2D eigenvalue weighted by atomic mass is 32.2. The first kappa shape index (κ1) is 40.8. The third-order valence-electron chi connectivity index (χ3n) is 11.5. The zero-order chi connectivity index (χ0) is 39.5. The number of Topliss-reactive ketones (excluding diaryl/α,β-unsaturated/α-hetero) is 1. The van der Waals surface area contributed by atoms with E-state index >= 15 is 0 Å². The molecule has 3 aliphatic heterocycles. The van der Waals surface area contributed by atoms with Crippen LogP contribution in [0.15, 0.2) is 35.4 Å². The van der Waals surface area contributed by atoms with Gasteiger partial charge >= 0.3 is 0 Å². The van der Waals surface area contributed by atoms with Crippen molar-refractivity contribution in [3.63, 3.8) is 0 Å². The molecule has 6 rings (SSSR count). The number of thioether (sulfide) groups is 1. The normalized spacial score (nSPS) is 22.9. The molecule has 0 spiro atoms. The number of aromatic nitrogens is 3. The second-order valence-electron chi connectivity index (χ2n) is 15.8. The third-order valence-corrected chi connectivity index (χ3v) is 14.4. The Labute approximate surface area is 325 Å². The Morgan fingerprint density at radius 2 is 1.67 bits per heavy atom. The summed E-state index contributed by atoms with van der Waals surface area (Å²) in [4.78, 5) is 69.9. The second-order valence-corrected chi connectivity index (χ2v) is 19.0. The van der Waals surface area contributed by atoms with Crippen molar-refractivity contribution in [3.8, 4) is 0 Å². The highest BCUT2D eigenvalue weighted by molar-refractivity contribution is 7.99. The van der Waals surface area contributed by atoms with Crippen LogP contribution in [-0.4, -0.2) is 116 Å². The molecule has 0 radical (unpaired) electrons. The molecule has 1 aromatic carbocycles. The van der Waals surface area contributed by atoms with Gasteiger partial charge in [-0.05, 0) is 87.6 Å². The minimum atomic E-state index is -3.70. The fraction of sp³-hybridized carbons (Fsp3) is 0.649. The average molecular weight is 801 g/mol. The molecule has 16 nitrogen and oxygen atoms in total. The highest BCUT2D eigenvalue weighted by Crippen LogP contribution is 2.35. The molecule has 4 heterocycles. The van der Waals surface area contributed by atoms with Gasteiger partial charge in [0.2, 0.25) is 27.6 Å². The Morgan fingerprint density at radius 3 is 2.29 bits per heavy atom. The number of rotatable bonds is 13. The van der Waals surface area contributed by atoms with Crippen molar-refractivity contribution in [1.29, 1.82) is 0 Å². The van der Waals surface area contributed by atoms with Gasteiger partial charge < -0.3 is 26.4 Å². The van der Waals surface area contributed by atoms with Gasteiger partial charge in [-0.2, -0.15) is 16.1 Å². The smallest absolute Gasteiger partial charge is 0.287 e. The Kier molecular flexibility index (Phi) is 12.4. The number of nitrogens with one attached hydrogen (secondary N) is 2. The van der Waals surface area contributed by atoms with Gasteiger partial charge in [0.05, 0.1) is 22.8 Å². The molecule has 0 bridgehead atoms. The number of carbonyl (C=O) groups excluding carboxylic acids is 5. The molecule has 4 aliphatic rings. The van der Waals surface area contributed by atoms with E-state index in [-0.39, 0.29) is 42.2 Å². The second kappa shape index (κ2) is 16.7. The van der Waals surface area contributed by atoms with Gasteiger partial charge in [-0.15, -0.1) is 5.10 Å². The van der Waals surface area contributed by atoms with Crippen LogP contribution in [0.3, 0.4) is 0 Å². The molecule has 1 aromatic heterocycles. The van der Waals surface area contributed by atoms with Crippen LogP contribution >= 0.6 is 11.8 Å². The number of likely N-dealkylation sites (tertiary alicyclic amines) is 1. The number of ketones is 1. The number of aliphatic hydroxyl groups is 1. The van der Waals surface area contributed by atoms with Gasteiger partial charge in [-0.1, -0.05) is 37.3 Å². The van der Waals surface area contributed by atoms with Gasteiger partial charge in [-0.25, -0.2) is 13.1 Å². The number of hydrogen-bond acceptors (Lipinski definition) is 11. The largest absolute Gasteiger partial charge is 0.384 e. The standard InChI is InChI=1S/C37H52N8O8S2/c1-36(2,51)30-22-39-42-45(30)26-21-29(34(49)41-37(31(46)32(38)47)14-18-54-19-15-37)44(23-26)35(50)28(20-24-8-4-3-5-9-24)40-33(48)25-10-12-27(13-11-25)55(52,53)43-16-6-7-17-43/h10-13,22,24,26,28-29,51H,3-9,14-21,23H2,1-2H3,(H2,38,47)(H,40,48)(H,41,49)/t26?,28-,29?/m1/s1. The van der Waals surface area contributed by atoms with E-state index in [0.29, 0.717) is 36.7 Å². The molecular weight excluding hydrogens is 749 g/mol. The van der Waals surface area contributed by atoms with Crippen molar-refractivity contribution in [1.82, 2.24) is 34.8 Å². The number of primary amides is 1. The van der Waals surface area contributed by atoms with Crippen LogP contribution in [-0.2, 0) is 34.8 Å². The molecule has 55 heavy (non-hydrogen) atoms. The Bertz CT molecular complexity index is 1860. The molecule has 1 aliphatic carbocycles. The molecule has 4 fully saturated rings. The predicted molar refractivity (Wildman–Crippen MR) is 203 cm³/mol. The maximum Gasteiger partial charge on any atom is 0.287 e. The molecule has 3 atom stereocenters. The molecular formula is C37H52N8O8S2. The average Bonchev–Trinajstić information content (AvgIpc) is 3.97. The number of sulfonamides is 1. The van der Waals surface area contributed by atoms with Crippen LogP contribution in [0.25, 0.3) is 0 Å². The summed E-state index contributed by atoms with van der Waals surface area (Å²) >= 11 is 1.59. The van der Waals surface area contributed by atoms with Crippen LogP contribution in [0.5, 0.6) is 0 Å². The van der Waals surface area contributed by atoms with E-state index in [0.717, 1.165) is 44.9 Å². The maximum absolute atomic E-state index is 14.9. The quantitative estimate of drug-likeness (QED) is 0.213. The van der Waals surface area contributed by atoms with E-state index in [9.17, 15) is 37.5 Å². The number of nitrogens with zero attached hydrogens (tertiary/aromatic N) is 5. The van der Waals surface area contributed by atoms with Gasteiger partial charge in [0, 0.05) is 31.6 Å². The van der Waals surface area contributed by atoms with E-state index < -0.39 is 68.7 Å². The lowest BCUT2D eigenvalue weighted by Crippen LogP contribution is -2.63. The van der Waals surface area contributed by atoms with Crippen LogP contribution in [0, 0.1) is 5.92 Å². The van der Waals surface area contributed by atoms with Gasteiger partial charge in [0.15, 0.2) is 0 Å². The van der Waals surface area contributed by atoms with E-state index in [1.807, 2.05) is 0 Å². The third kappa shape index (κ3) is 8.92. The lowest BCUT2D eigenvalue weighted by atomic mass is 9.84. The molecule has 18 heteroatoms. The number of nitrogens with two attached hydrogens (primary N) is 1. The van der Waals surface area contributed by atoms with Crippen molar-refractivity contribution < 1.29 is 37.5 Å². The van der Waals surface area contributed by atoms with E-state index in [4.69, 9.17) is 5.73 Å². The summed E-state index contributed by atoms with van der Waals surface area (Å²) in [5, 5.41) is 24.9. The summed E-state index contributed by atoms with van der Waals surface area (Å²) in [6.45, 7) is 4.03. The molecule has 2 aromatic rings. The van der Waals surface area contributed by atoms with Crippen LogP contribution in [0.1, 0.15) is 107 Å². The molecule has 4 amide bonds. The van der Waals surface area contributed by atoms with Crippen LogP contribution in [0.2, 0.25) is 0 Å². The Morgan fingerprint density at radius 1 is 1.02 bits per heavy atom. The summed E-state index contributed by atoms with van der Waals surface area (Å²) in [5.74, 6) is -2.59. The molecule has 1 saturated carbocycles. The maximum atomic E-state index is 14.9. The SMILES string of the molecule is CC(C)(O)c1cnnn1C1CC(C(=O)NC2(C(=O)C(N)=O)CCSCC2)N(C(=O)[C@@H](CC2CCCCC2)NC(=O)c2ccc(S(=O)(=O)N3CCCC3)cc2)C1. The minimum Gasteiger partial charge on any atom is -0.384 e. The predicted octanol–water partition coefficient (Wildman–Crippen LogP) is 1.64. The fourth-order valence-electron chi connectivity index (χ4n) is 8.39. The van der Waals surface area contributed by atoms with Crippen LogP contribution in [0.4, 0.5) is 0 Å². The topological polar surface area (TPSA) is 227 Å². The van der Waals surface area contributed by atoms with Gasteiger partial charge in [0.25, 0.3) is 11.8 Å². The Balaban J connectivity index is 1.30. The lowest BCUT2D eigenvalue weighted by Gasteiger charge is -2.37. The van der Waals surface area contributed by atoms with E-state index in [1.54, 1.807) is 25.6 Å². The number of amides is 4. The first-order chi connectivity index (χ1) is 26.1. The highest BCUT2D eigenvalue weighted by Gasteiger charge is 2.49. The molecule has 2 unspecified atom stereocenters. The monoisotopic (exact) mass is 800 g/mol. The van der Waals surface area contributed by atoms with Crippen molar-refractivity contribution in [3.05, 3.63) is 41.7 Å². The summed E-state index contributed by atoms with van der Waals surface area (Å²) in [5.41, 5.74) is 3.14. The van der Waals surface area contributed by atoms with Crippen LogP contribution < -0.4 is 16.4 Å². The number of benzene rings is 1. The minimum absolute atomic E-state index is 0.0178. The van der Waals surface area contributed by atoms with Crippen molar-refractivity contribution in [2.75, 3.05) is 31.1 Å². The zero-order valence-corrected chi connectivity index (χ0v) is 33.1. The number of hydrogen-bond donors (Lipinski definition) is 4. The molecule has 300 valence electrons. The van der Waals surface area contributed by atoms with E-state index in [1.165, 1.54) is 44.3 Å². The fourth-order valence-corrected chi connectivity index (χ4v) is 11.1. The van der Waals surface area contributed by atoms with Crippen molar-refractivity contribution >= 4 is 51.2 Å². The summed E-state index contributed by atoms with van der Waals surface area (Å²) in [7, 11) is -3.70. The van der Waals surface area contributed by atoms with Gasteiger partial charge in [0.1, 0.15) is 23.2 Å². The molecule has 5 N–H and O–H groups in total. The van der Waals surface area contributed by atoms with Crippen molar-refractivity contribution in [2.24, 2.45) is 11.7 Å². The van der Waals surface area contributed by atoms with E-state index in [2.05, 4.69) is 20.9 Å². The number of carbonyl (C=O) groups is 5. The lowest BCUT2D eigenvalue weighted by molar-refractivity contribution is -0.145. The summed E-state index contributed by atoms with van der Waals surface area (Å²) in [6.07, 6.45) is 8.58. The van der Waals surface area contributed by atoms with Crippen molar-refractivity contribution in [2.45, 2.75) is 119 Å². The summed E-state index contributed by atoms with van der Waals surface area (Å²) < 4.78 is 29.2. The molecule has 3 saturated heterocycles. The first-order valence-electron chi connectivity index (χ1n) is 19.2. The zero-order valence-electron chi connectivity index (χ0n) is 31.4. The first-order valence-corrected chi connectivity index (χ1v) is 21.8.